The molecule has 0 bridgehead atoms. The highest BCUT2D eigenvalue weighted by atomic mass is 35.5. The first-order valence-corrected chi connectivity index (χ1v) is 8.02. The summed E-state index contributed by atoms with van der Waals surface area (Å²) in [5.41, 5.74) is 1.23. The standard InChI is InChI=1S/C16H13Cl2FN4O2/c17-11-1-2-12(18)15(19)14(11)9-5-13(20-6-9)16(25)22-10-7-21-23(8-10)3-4-24/h1-2,5-8,20,24H,3-4H2,(H,22,25). The van der Waals surface area contributed by atoms with Crippen LogP contribution in [0.2, 0.25) is 10.0 Å². The Labute approximate surface area is 152 Å². The van der Waals surface area contributed by atoms with Gasteiger partial charge in [0.25, 0.3) is 5.91 Å². The Morgan fingerprint density at radius 1 is 1.36 bits per heavy atom. The van der Waals surface area contributed by atoms with Crippen LogP contribution >= 0.6 is 23.2 Å². The van der Waals surface area contributed by atoms with Crippen LogP contribution in [-0.2, 0) is 6.54 Å². The van der Waals surface area contributed by atoms with E-state index in [-0.39, 0.29) is 27.9 Å². The van der Waals surface area contributed by atoms with Crippen molar-refractivity contribution >= 4 is 34.8 Å². The lowest BCUT2D eigenvalue weighted by Gasteiger charge is -2.04. The van der Waals surface area contributed by atoms with Gasteiger partial charge in [-0.3, -0.25) is 9.48 Å². The van der Waals surface area contributed by atoms with Gasteiger partial charge < -0.3 is 15.4 Å². The predicted octanol–water partition coefficient (Wildman–Crippen LogP) is 3.57. The van der Waals surface area contributed by atoms with Gasteiger partial charge in [0.2, 0.25) is 0 Å². The lowest BCUT2D eigenvalue weighted by molar-refractivity contribution is 0.102. The number of carbonyl (C=O) groups is 1. The average Bonchev–Trinajstić information content (AvgIpc) is 3.22. The van der Waals surface area contributed by atoms with E-state index < -0.39 is 11.7 Å². The van der Waals surface area contributed by atoms with E-state index in [9.17, 15) is 9.18 Å². The third-order valence-corrected chi connectivity index (χ3v) is 4.09. The number of benzene rings is 1. The van der Waals surface area contributed by atoms with Crippen molar-refractivity contribution in [2.45, 2.75) is 6.54 Å². The van der Waals surface area contributed by atoms with Gasteiger partial charge in [-0.1, -0.05) is 23.2 Å². The van der Waals surface area contributed by atoms with Crippen LogP contribution in [0.25, 0.3) is 11.1 Å². The first-order valence-electron chi connectivity index (χ1n) is 7.26. The number of aromatic amines is 1. The van der Waals surface area contributed by atoms with E-state index in [2.05, 4.69) is 15.4 Å². The van der Waals surface area contributed by atoms with E-state index in [1.165, 1.54) is 35.3 Å². The summed E-state index contributed by atoms with van der Waals surface area (Å²) in [6.07, 6.45) is 4.53. The zero-order valence-corrected chi connectivity index (χ0v) is 14.3. The molecule has 0 saturated heterocycles. The zero-order chi connectivity index (χ0) is 18.0. The van der Waals surface area contributed by atoms with Gasteiger partial charge in [-0.2, -0.15) is 5.10 Å². The van der Waals surface area contributed by atoms with Gasteiger partial charge in [0.1, 0.15) is 5.69 Å². The molecule has 2 aromatic heterocycles. The maximum Gasteiger partial charge on any atom is 0.272 e. The summed E-state index contributed by atoms with van der Waals surface area (Å²) in [5, 5.41) is 15.6. The number of nitrogens with zero attached hydrogens (tertiary/aromatic N) is 2. The van der Waals surface area contributed by atoms with Crippen molar-refractivity contribution in [3.8, 4) is 11.1 Å². The molecule has 6 nitrogen and oxygen atoms in total. The van der Waals surface area contributed by atoms with Gasteiger partial charge in [0.15, 0.2) is 5.82 Å². The fourth-order valence-corrected chi connectivity index (χ4v) is 2.73. The second-order valence-corrected chi connectivity index (χ2v) is 6.00. The van der Waals surface area contributed by atoms with Crippen LogP contribution in [0.3, 0.4) is 0 Å². The molecule has 0 radical (unpaired) electrons. The fraction of sp³-hybridized carbons (Fsp3) is 0.125. The van der Waals surface area contributed by atoms with Crippen LogP contribution in [0, 0.1) is 5.82 Å². The minimum Gasteiger partial charge on any atom is -0.394 e. The van der Waals surface area contributed by atoms with Crippen molar-refractivity contribution in [2.75, 3.05) is 11.9 Å². The molecule has 0 aliphatic rings. The van der Waals surface area contributed by atoms with E-state index in [4.69, 9.17) is 28.3 Å². The second kappa shape index (κ2) is 7.26. The largest absolute Gasteiger partial charge is 0.394 e. The molecule has 1 amide bonds. The van der Waals surface area contributed by atoms with Crippen LogP contribution in [-0.4, -0.2) is 32.4 Å². The monoisotopic (exact) mass is 382 g/mol. The van der Waals surface area contributed by atoms with Gasteiger partial charge in [-0.05, 0) is 18.2 Å². The lowest BCUT2D eigenvalue weighted by atomic mass is 10.1. The van der Waals surface area contributed by atoms with Crippen LogP contribution in [0.4, 0.5) is 10.1 Å². The molecule has 25 heavy (non-hydrogen) atoms. The number of carbonyl (C=O) groups excluding carboxylic acids is 1. The molecular formula is C16H13Cl2FN4O2. The number of H-pyrrole nitrogens is 1. The maximum absolute atomic E-state index is 14.2. The number of nitrogens with one attached hydrogen (secondary N) is 2. The molecule has 0 unspecified atom stereocenters. The van der Waals surface area contributed by atoms with Crippen molar-refractivity contribution < 1.29 is 14.3 Å². The van der Waals surface area contributed by atoms with Crippen LogP contribution in [0.15, 0.2) is 36.8 Å². The molecule has 3 rings (SSSR count). The average molecular weight is 383 g/mol. The molecule has 0 aliphatic heterocycles. The van der Waals surface area contributed by atoms with E-state index in [1.807, 2.05) is 0 Å². The number of aliphatic hydroxyl groups is 1. The Kier molecular flexibility index (Phi) is 5.08. The highest BCUT2D eigenvalue weighted by Crippen LogP contribution is 2.34. The van der Waals surface area contributed by atoms with Crippen LogP contribution in [0.5, 0.6) is 0 Å². The van der Waals surface area contributed by atoms with Crippen molar-refractivity contribution in [3.05, 3.63) is 58.3 Å². The lowest BCUT2D eigenvalue weighted by Crippen LogP contribution is -2.11. The summed E-state index contributed by atoms with van der Waals surface area (Å²) < 4.78 is 15.7. The summed E-state index contributed by atoms with van der Waals surface area (Å²) >= 11 is 11.8. The maximum atomic E-state index is 14.2. The Hall–Kier alpha value is -2.35. The van der Waals surface area contributed by atoms with Crippen molar-refractivity contribution in [1.29, 1.82) is 0 Å². The Bertz CT molecular complexity index is 923. The highest BCUT2D eigenvalue weighted by Gasteiger charge is 2.17. The summed E-state index contributed by atoms with van der Waals surface area (Å²) in [6, 6.07) is 4.34. The number of hydrogen-bond acceptors (Lipinski definition) is 3. The van der Waals surface area contributed by atoms with Crippen LogP contribution in [0.1, 0.15) is 10.5 Å². The molecule has 0 atom stereocenters. The molecule has 0 spiro atoms. The van der Waals surface area contributed by atoms with E-state index >= 15 is 0 Å². The molecule has 3 N–H and O–H groups in total. The highest BCUT2D eigenvalue weighted by molar-refractivity contribution is 6.35. The van der Waals surface area contributed by atoms with Gasteiger partial charge >= 0.3 is 0 Å². The molecule has 0 saturated carbocycles. The summed E-state index contributed by atoms with van der Waals surface area (Å²) in [7, 11) is 0. The predicted molar refractivity (Wildman–Crippen MR) is 93.5 cm³/mol. The van der Waals surface area contributed by atoms with Crippen molar-refractivity contribution in [1.82, 2.24) is 14.8 Å². The molecule has 2 heterocycles. The van der Waals surface area contributed by atoms with Crippen molar-refractivity contribution in [2.24, 2.45) is 0 Å². The molecule has 9 heteroatoms. The first kappa shape index (κ1) is 17.5. The van der Waals surface area contributed by atoms with E-state index in [0.29, 0.717) is 17.8 Å². The SMILES string of the molecule is O=C(Nc1cnn(CCO)c1)c1cc(-c2c(Cl)ccc(Cl)c2F)c[nH]1. The van der Waals surface area contributed by atoms with Gasteiger partial charge in [0, 0.05) is 23.5 Å². The van der Waals surface area contributed by atoms with Crippen LogP contribution < -0.4 is 5.32 Å². The summed E-state index contributed by atoms with van der Waals surface area (Å²) in [6.45, 7) is 0.274. The van der Waals surface area contributed by atoms with Gasteiger partial charge in [-0.25, -0.2) is 4.39 Å². The Morgan fingerprint density at radius 2 is 2.12 bits per heavy atom. The topological polar surface area (TPSA) is 82.9 Å². The number of aromatic nitrogens is 3. The number of anilines is 1. The van der Waals surface area contributed by atoms with E-state index in [0.717, 1.165) is 0 Å². The normalized spacial score (nSPS) is 10.9. The number of halogens is 3. The zero-order valence-electron chi connectivity index (χ0n) is 12.8. The molecule has 3 aromatic rings. The molecule has 1 aromatic carbocycles. The quantitative estimate of drug-likeness (QED) is 0.589. The number of amides is 1. The number of rotatable bonds is 5. The van der Waals surface area contributed by atoms with Gasteiger partial charge in [0.05, 0.1) is 35.1 Å². The van der Waals surface area contributed by atoms with Gasteiger partial charge in [-0.15, -0.1) is 0 Å². The summed E-state index contributed by atoms with van der Waals surface area (Å²) in [4.78, 5) is 15.1. The third kappa shape index (κ3) is 3.68. The third-order valence-electron chi connectivity index (χ3n) is 3.48. The Morgan fingerprint density at radius 3 is 2.88 bits per heavy atom. The molecule has 0 aliphatic carbocycles. The molecular weight excluding hydrogens is 370 g/mol. The molecule has 130 valence electrons. The van der Waals surface area contributed by atoms with Crippen molar-refractivity contribution in [3.63, 3.8) is 0 Å². The minimum atomic E-state index is -0.648. The minimum absolute atomic E-state index is 0.0529. The van der Waals surface area contributed by atoms with E-state index in [1.54, 1.807) is 6.20 Å². The second-order valence-electron chi connectivity index (χ2n) is 5.19. The smallest absolute Gasteiger partial charge is 0.272 e. The number of aliphatic hydroxyl groups excluding tert-OH is 1. The molecule has 0 fully saturated rings. The summed E-state index contributed by atoms with van der Waals surface area (Å²) in [5.74, 6) is -1.07. The number of hydrogen-bond donors (Lipinski definition) is 3. The fourth-order valence-electron chi connectivity index (χ4n) is 2.31. The first-order chi connectivity index (χ1) is 12.0. The Balaban J connectivity index is 1.81.